The summed E-state index contributed by atoms with van der Waals surface area (Å²) in [4.78, 5) is 12.0. The predicted molar refractivity (Wildman–Crippen MR) is 88.5 cm³/mol. The van der Waals surface area contributed by atoms with Crippen LogP contribution in [0.1, 0.15) is 49.7 Å². The van der Waals surface area contributed by atoms with Crippen molar-refractivity contribution in [2.75, 3.05) is 11.1 Å². The molecule has 0 aromatic heterocycles. The van der Waals surface area contributed by atoms with Crippen molar-refractivity contribution in [3.8, 4) is 0 Å². The highest BCUT2D eigenvalue weighted by molar-refractivity contribution is 7.99. The lowest BCUT2D eigenvalue weighted by Gasteiger charge is -2.20. The zero-order valence-corrected chi connectivity index (χ0v) is 13.4. The highest BCUT2D eigenvalue weighted by Gasteiger charge is 2.14. The molecule has 20 heavy (non-hydrogen) atoms. The van der Waals surface area contributed by atoms with Crippen molar-refractivity contribution in [3.05, 3.63) is 29.3 Å². The molecule has 1 aromatic rings. The third kappa shape index (κ3) is 4.55. The second kappa shape index (κ2) is 7.72. The number of thioether (sulfide) groups is 1. The monoisotopic (exact) mass is 291 g/mol. The Balaban J connectivity index is 1.73. The molecule has 0 spiro atoms. The van der Waals surface area contributed by atoms with Crippen LogP contribution in [-0.4, -0.2) is 16.9 Å². The molecule has 1 aromatic carbocycles. The lowest BCUT2D eigenvalue weighted by Crippen LogP contribution is -2.15. The van der Waals surface area contributed by atoms with E-state index in [0.29, 0.717) is 6.42 Å². The van der Waals surface area contributed by atoms with Crippen molar-refractivity contribution < 1.29 is 4.79 Å². The van der Waals surface area contributed by atoms with E-state index in [1.54, 1.807) is 0 Å². The van der Waals surface area contributed by atoms with Gasteiger partial charge >= 0.3 is 0 Å². The van der Waals surface area contributed by atoms with E-state index in [4.69, 9.17) is 0 Å². The molecule has 0 aliphatic heterocycles. The van der Waals surface area contributed by atoms with Gasteiger partial charge in [-0.15, -0.1) is 0 Å². The van der Waals surface area contributed by atoms with Crippen molar-refractivity contribution in [3.63, 3.8) is 0 Å². The number of rotatable bonds is 5. The average Bonchev–Trinajstić information content (AvgIpc) is 2.45. The van der Waals surface area contributed by atoms with Crippen LogP contribution in [0, 0.1) is 13.8 Å². The zero-order valence-electron chi connectivity index (χ0n) is 12.6. The Kier molecular flexibility index (Phi) is 5.96. The largest absolute Gasteiger partial charge is 0.326 e. The van der Waals surface area contributed by atoms with Crippen LogP contribution < -0.4 is 5.32 Å². The molecule has 0 unspecified atom stereocenters. The number of aryl methyl sites for hydroxylation is 1. The molecule has 110 valence electrons. The van der Waals surface area contributed by atoms with E-state index < -0.39 is 0 Å². The minimum Gasteiger partial charge on any atom is -0.326 e. The third-order valence-electron chi connectivity index (χ3n) is 4.11. The van der Waals surface area contributed by atoms with Crippen LogP contribution in [0.3, 0.4) is 0 Å². The molecule has 3 heteroatoms. The number of hydrogen-bond acceptors (Lipinski definition) is 2. The maximum atomic E-state index is 12.0. The van der Waals surface area contributed by atoms with Crippen LogP contribution in [-0.2, 0) is 4.79 Å². The van der Waals surface area contributed by atoms with Gasteiger partial charge < -0.3 is 5.32 Å². The summed E-state index contributed by atoms with van der Waals surface area (Å²) in [6.45, 7) is 4.13. The average molecular weight is 291 g/mol. The Morgan fingerprint density at radius 3 is 2.75 bits per heavy atom. The van der Waals surface area contributed by atoms with E-state index in [2.05, 4.69) is 25.2 Å². The summed E-state index contributed by atoms with van der Waals surface area (Å²) in [7, 11) is 0. The summed E-state index contributed by atoms with van der Waals surface area (Å²) in [5.41, 5.74) is 3.35. The van der Waals surface area contributed by atoms with Gasteiger partial charge in [0.2, 0.25) is 5.91 Å². The van der Waals surface area contributed by atoms with Crippen LogP contribution >= 0.6 is 11.8 Å². The third-order valence-corrected chi connectivity index (χ3v) is 5.50. The van der Waals surface area contributed by atoms with E-state index in [1.165, 1.54) is 43.2 Å². The molecule has 0 heterocycles. The number of carbonyl (C=O) groups is 1. The van der Waals surface area contributed by atoms with Crippen LogP contribution in [0.15, 0.2) is 18.2 Å². The van der Waals surface area contributed by atoms with E-state index in [0.717, 1.165) is 16.7 Å². The lowest BCUT2D eigenvalue weighted by atomic mass is 10.0. The highest BCUT2D eigenvalue weighted by atomic mass is 32.2. The second-order valence-corrected chi connectivity index (χ2v) is 7.08. The molecule has 1 aliphatic carbocycles. The van der Waals surface area contributed by atoms with Gasteiger partial charge in [-0.25, -0.2) is 0 Å². The van der Waals surface area contributed by atoms with E-state index in [9.17, 15) is 4.79 Å². The molecular formula is C17H25NOS. The van der Waals surface area contributed by atoms with Gasteiger partial charge in [0.15, 0.2) is 0 Å². The fraction of sp³-hybridized carbons (Fsp3) is 0.588. The minimum atomic E-state index is 0.141. The molecular weight excluding hydrogens is 266 g/mol. The Bertz CT molecular complexity index is 452. The Labute approximate surface area is 126 Å². The van der Waals surface area contributed by atoms with Crippen LogP contribution in [0.25, 0.3) is 0 Å². The number of hydrogen-bond donors (Lipinski definition) is 1. The SMILES string of the molecule is Cc1cccc(NC(=O)CCSC2CCCCC2)c1C. The van der Waals surface area contributed by atoms with E-state index in [1.807, 2.05) is 23.9 Å². The van der Waals surface area contributed by atoms with Crippen LogP contribution in [0.5, 0.6) is 0 Å². The molecule has 0 saturated heterocycles. The fourth-order valence-corrected chi connectivity index (χ4v) is 3.95. The van der Waals surface area contributed by atoms with Gasteiger partial charge in [0.1, 0.15) is 0 Å². The van der Waals surface area contributed by atoms with Gasteiger partial charge in [-0.05, 0) is 43.9 Å². The van der Waals surface area contributed by atoms with E-state index in [-0.39, 0.29) is 5.91 Å². The summed E-state index contributed by atoms with van der Waals surface area (Å²) in [6, 6.07) is 6.05. The van der Waals surface area contributed by atoms with Gasteiger partial charge in [-0.3, -0.25) is 4.79 Å². The van der Waals surface area contributed by atoms with Gasteiger partial charge in [0.05, 0.1) is 0 Å². The number of nitrogens with one attached hydrogen (secondary N) is 1. The molecule has 2 rings (SSSR count). The first-order valence-electron chi connectivity index (χ1n) is 7.64. The smallest absolute Gasteiger partial charge is 0.225 e. The summed E-state index contributed by atoms with van der Waals surface area (Å²) < 4.78 is 0. The second-order valence-electron chi connectivity index (χ2n) is 5.68. The van der Waals surface area contributed by atoms with Crippen LogP contribution in [0.2, 0.25) is 0 Å². The topological polar surface area (TPSA) is 29.1 Å². The number of benzene rings is 1. The van der Waals surface area contributed by atoms with Gasteiger partial charge in [0, 0.05) is 23.1 Å². The van der Waals surface area contributed by atoms with Crippen molar-refractivity contribution in [2.45, 2.75) is 57.6 Å². The molecule has 1 amide bonds. The summed E-state index contributed by atoms with van der Waals surface area (Å²) >= 11 is 1.98. The molecule has 2 nitrogen and oxygen atoms in total. The van der Waals surface area contributed by atoms with Gasteiger partial charge in [-0.2, -0.15) is 11.8 Å². The minimum absolute atomic E-state index is 0.141. The first kappa shape index (κ1) is 15.4. The summed E-state index contributed by atoms with van der Waals surface area (Å²) in [5.74, 6) is 1.09. The standard InChI is InChI=1S/C17H25NOS/c1-13-7-6-10-16(14(13)2)18-17(19)11-12-20-15-8-4-3-5-9-15/h6-7,10,15H,3-5,8-9,11-12H2,1-2H3,(H,18,19). The predicted octanol–water partition coefficient (Wildman–Crippen LogP) is 4.70. The highest BCUT2D eigenvalue weighted by Crippen LogP contribution is 2.28. The molecule has 0 atom stereocenters. The Hall–Kier alpha value is -0.960. The molecule has 0 radical (unpaired) electrons. The van der Waals surface area contributed by atoms with Crippen LogP contribution in [0.4, 0.5) is 5.69 Å². The van der Waals surface area contributed by atoms with E-state index >= 15 is 0 Å². The molecule has 1 saturated carbocycles. The van der Waals surface area contributed by atoms with Crippen molar-refractivity contribution >= 4 is 23.4 Å². The maximum absolute atomic E-state index is 12.0. The number of amides is 1. The normalized spacial score (nSPS) is 16.1. The maximum Gasteiger partial charge on any atom is 0.225 e. The van der Waals surface area contributed by atoms with Gasteiger partial charge in [0.25, 0.3) is 0 Å². The number of anilines is 1. The molecule has 0 bridgehead atoms. The molecule has 1 N–H and O–H groups in total. The van der Waals surface area contributed by atoms with Crippen molar-refractivity contribution in [2.24, 2.45) is 0 Å². The number of carbonyl (C=O) groups excluding carboxylic acids is 1. The Morgan fingerprint density at radius 1 is 1.25 bits per heavy atom. The van der Waals surface area contributed by atoms with Gasteiger partial charge in [-0.1, -0.05) is 31.4 Å². The summed E-state index contributed by atoms with van der Waals surface area (Å²) in [5, 5.41) is 3.83. The fourth-order valence-electron chi connectivity index (χ4n) is 2.65. The zero-order chi connectivity index (χ0) is 14.4. The summed E-state index contributed by atoms with van der Waals surface area (Å²) in [6.07, 6.45) is 7.42. The van der Waals surface area contributed by atoms with Crippen molar-refractivity contribution in [1.82, 2.24) is 0 Å². The molecule has 1 fully saturated rings. The van der Waals surface area contributed by atoms with Crippen molar-refractivity contribution in [1.29, 1.82) is 0 Å². The Morgan fingerprint density at radius 2 is 2.00 bits per heavy atom. The quantitative estimate of drug-likeness (QED) is 0.852. The first-order chi connectivity index (χ1) is 9.66. The molecule has 1 aliphatic rings. The first-order valence-corrected chi connectivity index (χ1v) is 8.69. The lowest BCUT2D eigenvalue weighted by molar-refractivity contribution is -0.115.